The van der Waals surface area contributed by atoms with Gasteiger partial charge in [0.2, 0.25) is 0 Å². The molecule has 28 heavy (non-hydrogen) atoms. The largest absolute Gasteiger partial charge is 0.297 e. The summed E-state index contributed by atoms with van der Waals surface area (Å²) in [5, 5.41) is 13.8. The summed E-state index contributed by atoms with van der Waals surface area (Å²) in [6.07, 6.45) is 1.82. The molecule has 3 rings (SSSR count). The smallest absolute Gasteiger partial charge is 0.268 e. The standard InChI is InChI=1S/C21H15F2N3OS/c1-2-13-6-8-14(9-7-13)19-12-28-21(25-19)26-20(27)15(11-24)10-16-17(22)4-3-5-18(16)23/h3-10,12H,2H2,1H3,(H,25,26,27)/b15-10+. The van der Waals surface area contributed by atoms with Crippen LogP contribution in [0.15, 0.2) is 53.4 Å². The van der Waals surface area contributed by atoms with Crippen LogP contribution < -0.4 is 5.32 Å². The molecule has 4 nitrogen and oxygen atoms in total. The second-order valence-electron chi connectivity index (χ2n) is 5.85. The summed E-state index contributed by atoms with van der Waals surface area (Å²) < 4.78 is 27.5. The van der Waals surface area contributed by atoms with Gasteiger partial charge in [-0.2, -0.15) is 5.26 Å². The van der Waals surface area contributed by atoms with Crippen LogP contribution in [0.1, 0.15) is 18.1 Å². The number of aryl methyl sites for hydroxylation is 1. The Bertz CT molecular complexity index is 1060. The number of nitriles is 1. The van der Waals surface area contributed by atoms with E-state index in [4.69, 9.17) is 0 Å². The zero-order valence-electron chi connectivity index (χ0n) is 14.9. The van der Waals surface area contributed by atoms with Crippen LogP contribution in [-0.2, 0) is 11.2 Å². The highest BCUT2D eigenvalue weighted by atomic mass is 32.1. The Labute approximate surface area is 164 Å². The summed E-state index contributed by atoms with van der Waals surface area (Å²) in [6, 6.07) is 12.9. The van der Waals surface area contributed by atoms with Crippen molar-refractivity contribution in [3.63, 3.8) is 0 Å². The van der Waals surface area contributed by atoms with E-state index in [-0.39, 0.29) is 5.13 Å². The maximum Gasteiger partial charge on any atom is 0.268 e. The van der Waals surface area contributed by atoms with Gasteiger partial charge in [0.1, 0.15) is 23.3 Å². The summed E-state index contributed by atoms with van der Waals surface area (Å²) in [4.78, 5) is 16.7. The van der Waals surface area contributed by atoms with Crippen LogP contribution in [0, 0.1) is 23.0 Å². The summed E-state index contributed by atoms with van der Waals surface area (Å²) in [5.41, 5.74) is 1.93. The molecule has 0 radical (unpaired) electrons. The number of amides is 1. The van der Waals surface area contributed by atoms with Crippen molar-refractivity contribution in [3.8, 4) is 17.3 Å². The quantitative estimate of drug-likeness (QED) is 0.477. The molecule has 0 spiro atoms. The number of carbonyl (C=O) groups is 1. The number of nitrogens with one attached hydrogen (secondary N) is 1. The fourth-order valence-corrected chi connectivity index (χ4v) is 3.20. The Morgan fingerprint density at radius 3 is 2.50 bits per heavy atom. The third kappa shape index (κ3) is 4.30. The maximum absolute atomic E-state index is 13.7. The molecule has 0 atom stereocenters. The number of hydrogen-bond acceptors (Lipinski definition) is 4. The van der Waals surface area contributed by atoms with Crippen LogP contribution in [0.25, 0.3) is 17.3 Å². The Kier molecular flexibility index (Phi) is 5.92. The van der Waals surface area contributed by atoms with Gasteiger partial charge in [0.25, 0.3) is 5.91 Å². The fourth-order valence-electron chi connectivity index (χ4n) is 2.48. The van der Waals surface area contributed by atoms with Gasteiger partial charge < -0.3 is 0 Å². The van der Waals surface area contributed by atoms with Gasteiger partial charge in [-0.05, 0) is 30.2 Å². The number of anilines is 1. The second kappa shape index (κ2) is 8.55. The molecule has 0 unspecified atom stereocenters. The number of halogens is 2. The van der Waals surface area contributed by atoms with E-state index in [1.54, 1.807) is 11.4 Å². The molecule has 2 aromatic carbocycles. The van der Waals surface area contributed by atoms with E-state index >= 15 is 0 Å². The first-order chi connectivity index (χ1) is 13.5. The van der Waals surface area contributed by atoms with Crippen molar-refractivity contribution in [2.75, 3.05) is 5.32 Å². The molecule has 0 aliphatic rings. The number of thiazole rings is 1. The van der Waals surface area contributed by atoms with E-state index in [1.807, 2.05) is 24.3 Å². The molecular formula is C21H15F2N3OS. The molecule has 0 saturated heterocycles. The number of aromatic nitrogens is 1. The van der Waals surface area contributed by atoms with E-state index in [2.05, 4.69) is 17.2 Å². The maximum atomic E-state index is 13.7. The Morgan fingerprint density at radius 2 is 1.89 bits per heavy atom. The molecule has 3 aromatic rings. The molecule has 7 heteroatoms. The fraction of sp³-hybridized carbons (Fsp3) is 0.0952. The van der Waals surface area contributed by atoms with E-state index < -0.39 is 28.7 Å². The predicted octanol–water partition coefficient (Wildman–Crippen LogP) is 5.20. The molecular weight excluding hydrogens is 380 g/mol. The monoisotopic (exact) mass is 395 g/mol. The van der Waals surface area contributed by atoms with Crippen molar-refractivity contribution in [1.82, 2.24) is 4.98 Å². The van der Waals surface area contributed by atoms with Crippen molar-refractivity contribution >= 4 is 28.5 Å². The van der Waals surface area contributed by atoms with Crippen molar-refractivity contribution in [2.24, 2.45) is 0 Å². The number of carbonyl (C=O) groups excluding carboxylic acids is 1. The number of hydrogen-bond donors (Lipinski definition) is 1. The average Bonchev–Trinajstić information content (AvgIpc) is 3.16. The van der Waals surface area contributed by atoms with Gasteiger partial charge in [-0.1, -0.05) is 37.3 Å². The number of benzene rings is 2. The lowest BCUT2D eigenvalue weighted by Gasteiger charge is -2.02. The second-order valence-corrected chi connectivity index (χ2v) is 6.71. The molecule has 0 bridgehead atoms. The predicted molar refractivity (Wildman–Crippen MR) is 106 cm³/mol. The molecule has 1 amide bonds. The third-order valence-electron chi connectivity index (χ3n) is 4.04. The lowest BCUT2D eigenvalue weighted by Crippen LogP contribution is -2.13. The Morgan fingerprint density at radius 1 is 1.21 bits per heavy atom. The molecule has 1 N–H and O–H groups in total. The van der Waals surface area contributed by atoms with Crippen molar-refractivity contribution in [1.29, 1.82) is 5.26 Å². The molecule has 0 aliphatic carbocycles. The minimum Gasteiger partial charge on any atom is -0.297 e. The first kappa shape index (κ1) is 19.4. The summed E-state index contributed by atoms with van der Waals surface area (Å²) in [5.74, 6) is -2.49. The van der Waals surface area contributed by atoms with Crippen LogP contribution >= 0.6 is 11.3 Å². The number of rotatable bonds is 5. The van der Waals surface area contributed by atoms with E-state index in [1.165, 1.54) is 23.0 Å². The SMILES string of the molecule is CCc1ccc(-c2csc(NC(=O)/C(C#N)=C/c3c(F)cccc3F)n2)cc1. The summed E-state index contributed by atoms with van der Waals surface area (Å²) >= 11 is 1.20. The van der Waals surface area contributed by atoms with Crippen molar-refractivity contribution in [3.05, 3.63) is 76.2 Å². The van der Waals surface area contributed by atoms with E-state index in [9.17, 15) is 18.8 Å². The van der Waals surface area contributed by atoms with Gasteiger partial charge in [-0.15, -0.1) is 11.3 Å². The van der Waals surface area contributed by atoms with Gasteiger partial charge in [-0.3, -0.25) is 10.1 Å². The topological polar surface area (TPSA) is 65.8 Å². The molecule has 0 fully saturated rings. The normalized spacial score (nSPS) is 11.1. The molecule has 0 saturated carbocycles. The lowest BCUT2D eigenvalue weighted by molar-refractivity contribution is -0.112. The van der Waals surface area contributed by atoms with Crippen LogP contribution in [0.4, 0.5) is 13.9 Å². The van der Waals surface area contributed by atoms with Gasteiger partial charge in [0.05, 0.1) is 5.69 Å². The van der Waals surface area contributed by atoms with Gasteiger partial charge >= 0.3 is 0 Å². The van der Waals surface area contributed by atoms with Gasteiger partial charge in [-0.25, -0.2) is 13.8 Å². The van der Waals surface area contributed by atoms with Crippen LogP contribution in [0.3, 0.4) is 0 Å². The highest BCUT2D eigenvalue weighted by molar-refractivity contribution is 7.14. The lowest BCUT2D eigenvalue weighted by atomic mass is 10.1. The average molecular weight is 395 g/mol. The molecule has 0 aliphatic heterocycles. The third-order valence-corrected chi connectivity index (χ3v) is 4.79. The first-order valence-electron chi connectivity index (χ1n) is 8.43. The van der Waals surface area contributed by atoms with Gasteiger partial charge in [0.15, 0.2) is 5.13 Å². The highest BCUT2D eigenvalue weighted by Crippen LogP contribution is 2.26. The van der Waals surface area contributed by atoms with Crippen LogP contribution in [0.5, 0.6) is 0 Å². The van der Waals surface area contributed by atoms with Crippen LogP contribution in [0.2, 0.25) is 0 Å². The zero-order chi connectivity index (χ0) is 20.1. The van der Waals surface area contributed by atoms with E-state index in [0.717, 1.165) is 30.2 Å². The Balaban J connectivity index is 1.79. The zero-order valence-corrected chi connectivity index (χ0v) is 15.7. The first-order valence-corrected chi connectivity index (χ1v) is 9.31. The molecule has 1 aromatic heterocycles. The van der Waals surface area contributed by atoms with E-state index in [0.29, 0.717) is 5.69 Å². The number of nitrogens with zero attached hydrogens (tertiary/aromatic N) is 2. The Hall–Kier alpha value is -3.37. The van der Waals surface area contributed by atoms with Crippen molar-refractivity contribution in [2.45, 2.75) is 13.3 Å². The molecule has 1 heterocycles. The van der Waals surface area contributed by atoms with Crippen molar-refractivity contribution < 1.29 is 13.6 Å². The minimum absolute atomic E-state index is 0.287. The molecule has 140 valence electrons. The van der Waals surface area contributed by atoms with Gasteiger partial charge in [0, 0.05) is 16.5 Å². The highest BCUT2D eigenvalue weighted by Gasteiger charge is 2.15. The summed E-state index contributed by atoms with van der Waals surface area (Å²) in [7, 11) is 0. The summed E-state index contributed by atoms with van der Waals surface area (Å²) in [6.45, 7) is 2.07. The van der Waals surface area contributed by atoms with Crippen LogP contribution in [-0.4, -0.2) is 10.9 Å². The minimum atomic E-state index is -0.854.